The number of carboxylic acid groups (broad SMARTS) is 1. The van der Waals surface area contributed by atoms with Crippen LogP contribution in [0.15, 0.2) is 23.5 Å². The van der Waals surface area contributed by atoms with E-state index in [1.54, 1.807) is 11.3 Å². The van der Waals surface area contributed by atoms with Crippen molar-refractivity contribution in [2.24, 2.45) is 0 Å². The Hall–Kier alpha value is -1.66. The first-order valence-corrected chi connectivity index (χ1v) is 6.56. The number of nitrogens with one attached hydrogen (secondary N) is 1. The second-order valence-corrected chi connectivity index (χ2v) is 5.71. The zero-order chi connectivity index (χ0) is 12.7. The summed E-state index contributed by atoms with van der Waals surface area (Å²) < 4.78 is 7.11. The Balaban J connectivity index is 1.95. The molecule has 1 aromatic rings. The van der Waals surface area contributed by atoms with Gasteiger partial charge in [0.1, 0.15) is 5.76 Å². The van der Waals surface area contributed by atoms with E-state index in [-0.39, 0.29) is 6.61 Å². The summed E-state index contributed by atoms with van der Waals surface area (Å²) in [4.78, 5) is 13.6. The van der Waals surface area contributed by atoms with Crippen LogP contribution in [-0.2, 0) is 9.53 Å². The molecule has 0 saturated carbocycles. The molecule has 1 heterocycles. The third kappa shape index (κ3) is 1.93. The monoisotopic (exact) mass is 279 g/mol. The Kier molecular flexibility index (Phi) is 2.68. The minimum atomic E-state index is -0.968. The molecule has 2 N–H and O–H groups in total. The molecule has 0 fully saturated rings. The number of carbonyl (C=O) groups is 1. The van der Waals surface area contributed by atoms with Gasteiger partial charge in [0.15, 0.2) is 10.6 Å². The standard InChI is InChI=1S/C12H9NO3S2/c14-10(15)5-16-7-2-1-6-3-9-11(8(6)4-7)13-12(17)18-9/h1-3H,4-5H2,(H,13,17)(H,14,15). The molecule has 0 spiro atoms. The van der Waals surface area contributed by atoms with E-state index in [9.17, 15) is 4.79 Å². The largest absolute Gasteiger partial charge is 0.486 e. The molecule has 4 nitrogen and oxygen atoms in total. The van der Waals surface area contributed by atoms with Crippen molar-refractivity contribution in [2.75, 3.05) is 6.61 Å². The molecule has 1 aromatic heterocycles. The first kappa shape index (κ1) is 11.4. The summed E-state index contributed by atoms with van der Waals surface area (Å²) in [5.74, 6) is -0.299. The van der Waals surface area contributed by atoms with Crippen molar-refractivity contribution in [2.45, 2.75) is 6.42 Å². The molecule has 2 aliphatic carbocycles. The van der Waals surface area contributed by atoms with E-state index >= 15 is 0 Å². The second kappa shape index (κ2) is 4.22. The van der Waals surface area contributed by atoms with Crippen LogP contribution >= 0.6 is 23.6 Å². The van der Waals surface area contributed by atoms with Crippen LogP contribution < -0.4 is 9.88 Å². The Morgan fingerprint density at radius 1 is 1.56 bits per heavy atom. The number of ether oxygens (including phenoxy) is 1. The SMILES string of the molecule is O=C(O)COC1=CC=C2C=c3sc(=S)[nH]c3=C2C1. The van der Waals surface area contributed by atoms with E-state index < -0.39 is 5.97 Å². The fourth-order valence-corrected chi connectivity index (χ4v) is 3.23. The summed E-state index contributed by atoms with van der Waals surface area (Å²) in [7, 11) is 0. The van der Waals surface area contributed by atoms with Gasteiger partial charge in [0.05, 0.1) is 9.88 Å². The van der Waals surface area contributed by atoms with E-state index in [4.69, 9.17) is 22.1 Å². The van der Waals surface area contributed by atoms with E-state index in [0.717, 1.165) is 25.0 Å². The highest BCUT2D eigenvalue weighted by Crippen LogP contribution is 2.27. The van der Waals surface area contributed by atoms with Crippen molar-refractivity contribution in [1.82, 2.24) is 4.98 Å². The smallest absolute Gasteiger partial charge is 0.341 e. The Morgan fingerprint density at radius 2 is 2.39 bits per heavy atom. The van der Waals surface area contributed by atoms with Crippen molar-refractivity contribution in [3.05, 3.63) is 37.3 Å². The quantitative estimate of drug-likeness (QED) is 0.812. The lowest BCUT2D eigenvalue weighted by Gasteiger charge is -2.14. The van der Waals surface area contributed by atoms with Crippen LogP contribution in [0.25, 0.3) is 11.6 Å². The molecule has 0 radical (unpaired) electrons. The maximum Gasteiger partial charge on any atom is 0.341 e. The van der Waals surface area contributed by atoms with Crippen LogP contribution in [0.3, 0.4) is 0 Å². The number of thiazole rings is 1. The molecule has 0 amide bonds. The van der Waals surface area contributed by atoms with E-state index in [1.807, 2.05) is 12.2 Å². The number of aromatic nitrogens is 1. The van der Waals surface area contributed by atoms with Crippen LogP contribution in [0.2, 0.25) is 0 Å². The third-order valence-corrected chi connectivity index (χ3v) is 3.98. The molecule has 6 heteroatoms. The van der Waals surface area contributed by atoms with Gasteiger partial charge >= 0.3 is 5.97 Å². The van der Waals surface area contributed by atoms with Crippen molar-refractivity contribution in [3.8, 4) is 0 Å². The number of allylic oxidation sites excluding steroid dienone is 4. The van der Waals surface area contributed by atoms with Crippen LogP contribution in [-0.4, -0.2) is 22.7 Å². The first-order chi connectivity index (χ1) is 8.63. The van der Waals surface area contributed by atoms with Gasteiger partial charge in [-0.2, -0.15) is 0 Å². The summed E-state index contributed by atoms with van der Waals surface area (Å²) in [5.41, 5.74) is 2.27. The average molecular weight is 279 g/mol. The van der Waals surface area contributed by atoms with E-state index in [2.05, 4.69) is 11.1 Å². The molecule has 0 atom stereocenters. The van der Waals surface area contributed by atoms with Crippen molar-refractivity contribution in [1.29, 1.82) is 0 Å². The molecule has 18 heavy (non-hydrogen) atoms. The summed E-state index contributed by atoms with van der Waals surface area (Å²) >= 11 is 6.66. The topological polar surface area (TPSA) is 62.3 Å². The molecule has 0 aromatic carbocycles. The van der Waals surface area contributed by atoms with Crippen molar-refractivity contribution >= 4 is 41.2 Å². The van der Waals surface area contributed by atoms with Gasteiger partial charge < -0.3 is 14.8 Å². The maximum atomic E-state index is 10.5. The zero-order valence-corrected chi connectivity index (χ0v) is 10.9. The lowest BCUT2D eigenvalue weighted by molar-refractivity contribution is -0.140. The third-order valence-electron chi connectivity index (χ3n) is 2.79. The van der Waals surface area contributed by atoms with Crippen molar-refractivity contribution < 1.29 is 14.6 Å². The lowest BCUT2D eigenvalue weighted by atomic mass is 10.00. The van der Waals surface area contributed by atoms with Gasteiger partial charge in [-0.25, -0.2) is 4.79 Å². The summed E-state index contributed by atoms with van der Waals surface area (Å²) in [6.45, 7) is -0.307. The fourth-order valence-electron chi connectivity index (χ4n) is 2.05. The maximum absolute atomic E-state index is 10.5. The number of rotatable bonds is 3. The second-order valence-electron chi connectivity index (χ2n) is 3.99. The minimum absolute atomic E-state index is 0.307. The number of hydrogen-bond donors (Lipinski definition) is 2. The van der Waals surface area contributed by atoms with Gasteiger partial charge in [-0.15, -0.1) is 11.3 Å². The predicted molar refractivity (Wildman–Crippen MR) is 71.0 cm³/mol. The molecule has 0 saturated heterocycles. The number of H-pyrrole nitrogens is 1. The fraction of sp³-hybridized carbons (Fsp3) is 0.167. The number of aromatic amines is 1. The van der Waals surface area contributed by atoms with Gasteiger partial charge in [-0.3, -0.25) is 0 Å². The summed E-state index contributed by atoms with van der Waals surface area (Å²) in [6, 6.07) is 0. The number of fused-ring (bicyclic) bond motifs is 2. The molecule has 0 aliphatic heterocycles. The highest BCUT2D eigenvalue weighted by Gasteiger charge is 2.18. The minimum Gasteiger partial charge on any atom is -0.486 e. The number of hydrogen-bond acceptors (Lipinski definition) is 4. The Bertz CT molecular complexity index is 764. The molecular weight excluding hydrogens is 270 g/mol. The number of aliphatic carboxylic acids is 1. The molecule has 3 rings (SSSR count). The normalized spacial score (nSPS) is 16.3. The Labute approximate surface area is 111 Å². The van der Waals surface area contributed by atoms with Crippen LogP contribution in [0.1, 0.15) is 6.42 Å². The predicted octanol–water partition coefficient (Wildman–Crippen LogP) is 1.07. The van der Waals surface area contributed by atoms with Crippen LogP contribution in [0.5, 0.6) is 0 Å². The lowest BCUT2D eigenvalue weighted by Crippen LogP contribution is -2.20. The van der Waals surface area contributed by atoms with Gasteiger partial charge in [-0.05, 0) is 35.5 Å². The van der Waals surface area contributed by atoms with E-state index in [0.29, 0.717) is 12.2 Å². The molecule has 92 valence electrons. The molecule has 2 aliphatic rings. The summed E-state index contributed by atoms with van der Waals surface area (Å²) in [6.07, 6.45) is 6.46. The average Bonchev–Trinajstić information content (AvgIpc) is 2.82. The summed E-state index contributed by atoms with van der Waals surface area (Å²) in [5, 5.41) is 9.64. The molecular formula is C12H9NO3S2. The first-order valence-electron chi connectivity index (χ1n) is 5.33. The highest BCUT2D eigenvalue weighted by atomic mass is 32.1. The van der Waals surface area contributed by atoms with Crippen LogP contribution in [0, 0.1) is 3.95 Å². The highest BCUT2D eigenvalue weighted by molar-refractivity contribution is 7.73. The number of carboxylic acids is 1. The Morgan fingerprint density at radius 3 is 3.17 bits per heavy atom. The molecule has 0 bridgehead atoms. The van der Waals surface area contributed by atoms with Crippen LogP contribution in [0.4, 0.5) is 0 Å². The van der Waals surface area contributed by atoms with E-state index in [1.165, 1.54) is 0 Å². The van der Waals surface area contributed by atoms with Gasteiger partial charge in [0.25, 0.3) is 0 Å². The van der Waals surface area contributed by atoms with Gasteiger partial charge in [-0.1, -0.05) is 6.08 Å². The van der Waals surface area contributed by atoms with Gasteiger partial charge in [0.2, 0.25) is 0 Å². The molecule has 0 unspecified atom stereocenters. The van der Waals surface area contributed by atoms with Gasteiger partial charge in [0, 0.05) is 6.42 Å². The van der Waals surface area contributed by atoms with Crippen molar-refractivity contribution in [3.63, 3.8) is 0 Å². The zero-order valence-electron chi connectivity index (χ0n) is 9.23.